The number of hydrogen-bond acceptors (Lipinski definition) is 3. The van der Waals surface area contributed by atoms with Crippen LogP contribution < -0.4 is 4.90 Å². The molecule has 4 heteroatoms. The maximum absolute atomic E-state index is 5.33. The van der Waals surface area contributed by atoms with Crippen LogP contribution in [0.3, 0.4) is 0 Å². The molecular weight excluding hydrogens is 536 g/mol. The normalized spacial score (nSPS) is 12.0. The standard InChI is InChI=1S/C40H26N4/c1-3-15-27(16-4-1)38-29-19-7-11-23-33(29)41-40(42-38)44-35-25-13-9-21-31(35)37-30-20-8-12-24-34(30)43(28-17-5-2-6-18-28)39(37)32-22-10-14-26-36(32)44/h1-26H. The number of benzene rings is 6. The van der Waals surface area contributed by atoms with Crippen LogP contribution in [0.2, 0.25) is 0 Å². The SMILES string of the molecule is c1ccc(-c2nc(N3c4ccccc4-c4c(n(-c5ccccc5)c5ccccc45)-c4ccccc43)nc3ccccc23)cc1. The van der Waals surface area contributed by atoms with E-state index >= 15 is 0 Å². The van der Waals surface area contributed by atoms with Crippen molar-refractivity contribution in [1.29, 1.82) is 0 Å². The van der Waals surface area contributed by atoms with Gasteiger partial charge in [-0.05, 0) is 36.4 Å². The Morgan fingerprint density at radius 2 is 1.05 bits per heavy atom. The Kier molecular flexibility index (Phi) is 5.47. The number of nitrogens with zero attached hydrogens (tertiary/aromatic N) is 4. The highest BCUT2D eigenvalue weighted by molar-refractivity contribution is 6.12. The van der Waals surface area contributed by atoms with Crippen LogP contribution in [0.1, 0.15) is 0 Å². The van der Waals surface area contributed by atoms with Crippen molar-refractivity contribution in [2.45, 2.75) is 0 Å². The van der Waals surface area contributed by atoms with Gasteiger partial charge in [0, 0.05) is 38.7 Å². The molecule has 0 saturated heterocycles. The smallest absolute Gasteiger partial charge is 0.235 e. The number of anilines is 3. The van der Waals surface area contributed by atoms with Crippen molar-refractivity contribution < 1.29 is 0 Å². The molecule has 0 amide bonds. The molecule has 8 aromatic rings. The minimum Gasteiger partial charge on any atom is -0.309 e. The van der Waals surface area contributed by atoms with Gasteiger partial charge in [0.25, 0.3) is 0 Å². The summed E-state index contributed by atoms with van der Waals surface area (Å²) >= 11 is 0. The highest BCUT2D eigenvalue weighted by Gasteiger charge is 2.32. The van der Waals surface area contributed by atoms with Crippen molar-refractivity contribution >= 4 is 39.1 Å². The van der Waals surface area contributed by atoms with Crippen molar-refractivity contribution in [2.24, 2.45) is 0 Å². The van der Waals surface area contributed by atoms with Gasteiger partial charge in [-0.15, -0.1) is 0 Å². The topological polar surface area (TPSA) is 34.0 Å². The zero-order valence-electron chi connectivity index (χ0n) is 23.8. The van der Waals surface area contributed by atoms with Gasteiger partial charge in [0.05, 0.1) is 33.8 Å². The van der Waals surface area contributed by atoms with Gasteiger partial charge in [-0.3, -0.25) is 4.90 Å². The Labute approximate surface area is 255 Å². The first-order valence-electron chi connectivity index (χ1n) is 14.9. The lowest BCUT2D eigenvalue weighted by Gasteiger charge is -2.26. The minimum absolute atomic E-state index is 0.642. The molecule has 0 saturated carbocycles. The third-order valence-electron chi connectivity index (χ3n) is 8.54. The highest BCUT2D eigenvalue weighted by Crippen LogP contribution is 2.54. The molecule has 3 heterocycles. The molecule has 1 aliphatic rings. The molecule has 0 spiro atoms. The number of aromatic nitrogens is 3. The van der Waals surface area contributed by atoms with Crippen LogP contribution >= 0.6 is 0 Å². The molecule has 0 unspecified atom stereocenters. The molecule has 206 valence electrons. The molecule has 4 nitrogen and oxygen atoms in total. The molecule has 1 aliphatic heterocycles. The fraction of sp³-hybridized carbons (Fsp3) is 0. The van der Waals surface area contributed by atoms with Crippen LogP contribution in [0.5, 0.6) is 0 Å². The van der Waals surface area contributed by atoms with E-state index in [0.29, 0.717) is 5.95 Å². The molecule has 2 aromatic heterocycles. The second kappa shape index (κ2) is 9.79. The van der Waals surface area contributed by atoms with E-state index in [1.165, 1.54) is 16.5 Å². The Hall–Kier alpha value is -6.00. The first-order chi connectivity index (χ1) is 21.9. The van der Waals surface area contributed by atoms with E-state index < -0.39 is 0 Å². The van der Waals surface area contributed by atoms with Crippen molar-refractivity contribution in [1.82, 2.24) is 14.5 Å². The molecule has 0 bridgehead atoms. The van der Waals surface area contributed by atoms with Crippen LogP contribution in [-0.4, -0.2) is 14.5 Å². The van der Waals surface area contributed by atoms with Crippen molar-refractivity contribution in [3.8, 4) is 39.3 Å². The fourth-order valence-corrected chi connectivity index (χ4v) is 6.69. The van der Waals surface area contributed by atoms with E-state index in [0.717, 1.165) is 56.0 Å². The summed E-state index contributed by atoms with van der Waals surface area (Å²) in [6.45, 7) is 0. The molecule has 9 rings (SSSR count). The number of hydrogen-bond donors (Lipinski definition) is 0. The van der Waals surface area contributed by atoms with Crippen LogP contribution in [0.4, 0.5) is 17.3 Å². The van der Waals surface area contributed by atoms with Gasteiger partial charge >= 0.3 is 0 Å². The number of rotatable bonds is 3. The van der Waals surface area contributed by atoms with Crippen LogP contribution in [0.15, 0.2) is 158 Å². The first-order valence-corrected chi connectivity index (χ1v) is 14.9. The molecule has 6 aromatic carbocycles. The second-order valence-electron chi connectivity index (χ2n) is 11.0. The number of fused-ring (bicyclic) bond motifs is 8. The van der Waals surface area contributed by atoms with Gasteiger partial charge < -0.3 is 4.57 Å². The molecule has 0 N–H and O–H groups in total. The molecular formula is C40H26N4. The van der Waals surface area contributed by atoms with E-state index in [1.54, 1.807) is 0 Å². The van der Waals surface area contributed by atoms with Crippen LogP contribution in [0.25, 0.3) is 61.1 Å². The van der Waals surface area contributed by atoms with Gasteiger partial charge in [0.15, 0.2) is 0 Å². The van der Waals surface area contributed by atoms with E-state index in [9.17, 15) is 0 Å². The van der Waals surface area contributed by atoms with E-state index in [1.807, 2.05) is 12.1 Å². The minimum atomic E-state index is 0.642. The monoisotopic (exact) mass is 562 g/mol. The van der Waals surface area contributed by atoms with Crippen LogP contribution in [-0.2, 0) is 0 Å². The average Bonchev–Trinajstić information content (AvgIpc) is 3.38. The van der Waals surface area contributed by atoms with Gasteiger partial charge in [-0.25, -0.2) is 9.97 Å². The summed E-state index contributed by atoms with van der Waals surface area (Å²) in [5.41, 5.74) is 11.9. The van der Waals surface area contributed by atoms with Crippen LogP contribution in [0, 0.1) is 0 Å². The van der Waals surface area contributed by atoms with Gasteiger partial charge in [0.2, 0.25) is 5.95 Å². The van der Waals surface area contributed by atoms with E-state index in [4.69, 9.17) is 9.97 Å². The Balaban J connectivity index is 1.41. The van der Waals surface area contributed by atoms with E-state index in [-0.39, 0.29) is 0 Å². The quantitative estimate of drug-likeness (QED) is 0.215. The summed E-state index contributed by atoms with van der Waals surface area (Å²) in [6, 6.07) is 55.3. The van der Waals surface area contributed by atoms with Gasteiger partial charge in [-0.1, -0.05) is 121 Å². The Morgan fingerprint density at radius 1 is 0.455 bits per heavy atom. The van der Waals surface area contributed by atoms with Crippen molar-refractivity contribution in [3.63, 3.8) is 0 Å². The lowest BCUT2D eigenvalue weighted by molar-refractivity contribution is 1.11. The first kappa shape index (κ1) is 24.6. The highest BCUT2D eigenvalue weighted by atomic mass is 15.3. The van der Waals surface area contributed by atoms with E-state index in [2.05, 4.69) is 155 Å². The predicted octanol–water partition coefficient (Wildman–Crippen LogP) is 10.4. The summed E-state index contributed by atoms with van der Waals surface area (Å²) in [5.74, 6) is 0.642. The summed E-state index contributed by atoms with van der Waals surface area (Å²) in [4.78, 5) is 12.8. The Bertz CT molecular complexity index is 2340. The largest absolute Gasteiger partial charge is 0.309 e. The maximum atomic E-state index is 5.33. The lowest BCUT2D eigenvalue weighted by Crippen LogP contribution is -2.15. The summed E-state index contributed by atoms with van der Waals surface area (Å²) in [7, 11) is 0. The second-order valence-corrected chi connectivity index (χ2v) is 11.0. The lowest BCUT2D eigenvalue weighted by atomic mass is 9.98. The molecule has 44 heavy (non-hydrogen) atoms. The summed E-state index contributed by atoms with van der Waals surface area (Å²) < 4.78 is 2.40. The average molecular weight is 563 g/mol. The van der Waals surface area contributed by atoms with Gasteiger partial charge in [0.1, 0.15) is 0 Å². The third kappa shape index (κ3) is 3.64. The fourth-order valence-electron chi connectivity index (χ4n) is 6.69. The molecule has 0 atom stereocenters. The summed E-state index contributed by atoms with van der Waals surface area (Å²) in [5, 5.41) is 2.24. The third-order valence-corrected chi connectivity index (χ3v) is 8.54. The van der Waals surface area contributed by atoms with Crippen molar-refractivity contribution in [2.75, 3.05) is 4.90 Å². The van der Waals surface area contributed by atoms with Crippen molar-refractivity contribution in [3.05, 3.63) is 158 Å². The maximum Gasteiger partial charge on any atom is 0.235 e. The zero-order chi connectivity index (χ0) is 29.0. The zero-order valence-corrected chi connectivity index (χ0v) is 23.8. The molecule has 0 radical (unpaired) electrons. The number of para-hydroxylation sites is 5. The predicted molar refractivity (Wildman–Crippen MR) is 181 cm³/mol. The summed E-state index contributed by atoms with van der Waals surface area (Å²) in [6.07, 6.45) is 0. The molecule has 0 fully saturated rings. The molecule has 0 aliphatic carbocycles. The Morgan fingerprint density at radius 3 is 1.84 bits per heavy atom. The van der Waals surface area contributed by atoms with Gasteiger partial charge in [-0.2, -0.15) is 0 Å².